The third-order valence-electron chi connectivity index (χ3n) is 18.8. The van der Waals surface area contributed by atoms with Crippen LogP contribution in [0, 0.1) is 53.3 Å². The zero-order valence-corrected chi connectivity index (χ0v) is 67.8. The molecule has 0 aliphatic carbocycles. The Kier molecular flexibility index (Phi) is 46.9. The van der Waals surface area contributed by atoms with E-state index in [-0.39, 0.29) is 65.9 Å². The van der Waals surface area contributed by atoms with Gasteiger partial charge in [0.05, 0.1) is 104 Å². The number of carbonyl (C=O) groups excluding carboxylic acids is 16. The minimum atomic E-state index is -1.57. The molecule has 0 fully saturated rings. The molecule has 0 aliphatic rings. The fourth-order valence-corrected chi connectivity index (χ4v) is 13.1. The number of hydrogen-bond acceptors (Lipinski definition) is 29. The third kappa shape index (κ3) is 34.1. The van der Waals surface area contributed by atoms with Gasteiger partial charge >= 0.3 is 5.97 Å². The second kappa shape index (κ2) is 52.2. The van der Waals surface area contributed by atoms with Gasteiger partial charge in [0, 0.05) is 104 Å². The average molecular weight is 1670 g/mol. The highest BCUT2D eigenvalue weighted by molar-refractivity contribution is 7.81. The van der Waals surface area contributed by atoms with Crippen LogP contribution >= 0.6 is 75.8 Å². The molecule has 32 nitrogen and oxygen atoms in total. The third-order valence-corrected chi connectivity index (χ3v) is 21.1. The number of primary amides is 1. The number of rotatable bonds is 58. The number of likely N-dealkylation sites (N-methyl/N-ethyl adjacent to an activating group) is 1. The molecular formula is C73H107N9O23S6. The average Bonchev–Trinajstić information content (AvgIpc) is 0.847. The SMILES string of the molecule is CCC(C)C(NC(=O)C(CC(=O)C(CS)NC(=O)C(CC(=O)C(CS)NC(=O)C(CC(N)=O)CC(=O)C(CS)NC(=O)C(CO)CC(=O)C(C)NC)Cc1ccccc1)Cc1ccc(O)cc1)C(=O)CC(CS)C(=O)NC(CS)C(=O)CC(CO)C(=O)NC(CS)C(=O)CC(CO)C(=O)NC(CO)C(=O)CC(C)C(=O)O. The Morgan fingerprint density at radius 2 is 0.685 bits per heavy atom. The molecule has 618 valence electrons. The summed E-state index contributed by atoms with van der Waals surface area (Å²) in [6, 6.07) is 3.42. The molecule has 0 bridgehead atoms. The maximum atomic E-state index is 14.8. The summed E-state index contributed by atoms with van der Waals surface area (Å²) in [4.78, 5) is 230. The van der Waals surface area contributed by atoms with Gasteiger partial charge in [-0.05, 0) is 56.0 Å². The highest BCUT2D eigenvalue weighted by atomic mass is 32.1. The van der Waals surface area contributed by atoms with E-state index in [2.05, 4.69) is 118 Å². The van der Waals surface area contributed by atoms with Crippen LogP contribution < -0.4 is 48.3 Å². The van der Waals surface area contributed by atoms with Crippen LogP contribution in [0.1, 0.15) is 103 Å². The van der Waals surface area contributed by atoms with Crippen molar-refractivity contribution in [3.8, 4) is 5.75 Å². The van der Waals surface area contributed by atoms with Crippen LogP contribution in [-0.2, 0) is 94.3 Å². The van der Waals surface area contributed by atoms with Crippen LogP contribution in [0.3, 0.4) is 0 Å². The van der Waals surface area contributed by atoms with Gasteiger partial charge in [0.1, 0.15) is 17.6 Å². The maximum Gasteiger partial charge on any atom is 0.306 e. The van der Waals surface area contributed by atoms with Crippen LogP contribution in [0.4, 0.5) is 0 Å². The summed E-state index contributed by atoms with van der Waals surface area (Å²) in [7, 11) is 1.53. The van der Waals surface area contributed by atoms with Gasteiger partial charge in [-0.2, -0.15) is 75.8 Å². The quantitative estimate of drug-likeness (QED) is 0.0330. The molecule has 2 rings (SSSR count). The number of nitrogens with two attached hydrogens (primary N) is 1. The number of carbonyl (C=O) groups is 17. The Balaban J connectivity index is 2.38. The smallest absolute Gasteiger partial charge is 0.306 e. The van der Waals surface area contributed by atoms with Crippen molar-refractivity contribution < 1.29 is 112 Å². The number of aliphatic hydroxyl groups excluding tert-OH is 4. The molecule has 0 saturated carbocycles. The van der Waals surface area contributed by atoms with Gasteiger partial charge in [-0.3, -0.25) is 81.5 Å². The summed E-state index contributed by atoms with van der Waals surface area (Å²) in [5, 5.41) is 79.4. The summed E-state index contributed by atoms with van der Waals surface area (Å²) >= 11 is 25.6. The first kappa shape index (κ1) is 99.8. The monoisotopic (exact) mass is 1670 g/mol. The van der Waals surface area contributed by atoms with Crippen molar-refractivity contribution in [1.29, 1.82) is 0 Å². The molecular weight excluding hydrogens is 1560 g/mol. The van der Waals surface area contributed by atoms with E-state index < -0.39 is 279 Å². The van der Waals surface area contributed by atoms with Crippen molar-refractivity contribution in [2.75, 3.05) is 68.0 Å². The number of amides is 8. The second-order valence-corrected chi connectivity index (χ2v) is 29.5. The Morgan fingerprint density at radius 3 is 1.03 bits per heavy atom. The molecule has 2 aromatic rings. The summed E-state index contributed by atoms with van der Waals surface area (Å²) in [6.07, 6.45) is -5.53. The molecule has 111 heavy (non-hydrogen) atoms. The molecule has 16 N–H and O–H groups in total. The van der Waals surface area contributed by atoms with Gasteiger partial charge in [-0.1, -0.05) is 69.7 Å². The number of ketones is 8. The topological polar surface area (TPSA) is 534 Å². The Hall–Kier alpha value is -7.27. The van der Waals surface area contributed by atoms with E-state index in [4.69, 9.17) is 10.8 Å². The van der Waals surface area contributed by atoms with Crippen LogP contribution in [0.5, 0.6) is 5.75 Å². The number of thiol groups is 6. The van der Waals surface area contributed by atoms with E-state index in [9.17, 15) is 107 Å². The van der Waals surface area contributed by atoms with E-state index in [1.165, 1.54) is 38.2 Å². The highest BCUT2D eigenvalue weighted by Gasteiger charge is 2.39. The Morgan fingerprint density at radius 1 is 0.369 bits per heavy atom. The van der Waals surface area contributed by atoms with Crippen LogP contribution in [0.2, 0.25) is 0 Å². The lowest BCUT2D eigenvalue weighted by Gasteiger charge is -2.28. The van der Waals surface area contributed by atoms with Crippen LogP contribution in [-0.4, -0.2) is 246 Å². The molecule has 0 aliphatic heterocycles. The number of phenolic OH excluding ortho intramolecular Hbond substituents is 1. The van der Waals surface area contributed by atoms with Gasteiger partial charge in [0.15, 0.2) is 40.5 Å². The molecule has 0 heterocycles. The first-order valence-electron chi connectivity index (χ1n) is 35.9. The first-order valence-corrected chi connectivity index (χ1v) is 39.7. The lowest BCUT2D eigenvalue weighted by molar-refractivity contribution is -0.143. The number of hydrogen-bond donors (Lipinski definition) is 21. The van der Waals surface area contributed by atoms with Gasteiger partial charge in [0.25, 0.3) is 0 Å². The van der Waals surface area contributed by atoms with Crippen molar-refractivity contribution in [2.24, 2.45) is 59.0 Å². The van der Waals surface area contributed by atoms with E-state index in [0.29, 0.717) is 11.1 Å². The normalized spacial score (nSPS) is 15.9. The molecule has 17 unspecified atom stereocenters. The predicted octanol–water partition coefficient (Wildman–Crippen LogP) is -1.64. The van der Waals surface area contributed by atoms with Crippen molar-refractivity contribution in [1.82, 2.24) is 42.5 Å². The Labute approximate surface area is 677 Å². The van der Waals surface area contributed by atoms with Crippen LogP contribution in [0.15, 0.2) is 54.6 Å². The second-order valence-electron chi connectivity index (χ2n) is 27.3. The molecule has 17 atom stereocenters. The molecule has 0 saturated heterocycles. The zero-order valence-electron chi connectivity index (χ0n) is 62.5. The van der Waals surface area contributed by atoms with Gasteiger partial charge in [-0.15, -0.1) is 0 Å². The van der Waals surface area contributed by atoms with Crippen LogP contribution in [0.25, 0.3) is 0 Å². The molecule has 2 aromatic carbocycles. The predicted molar refractivity (Wildman–Crippen MR) is 427 cm³/mol. The number of aliphatic carboxylic acids is 1. The van der Waals surface area contributed by atoms with Gasteiger partial charge in [0.2, 0.25) is 47.3 Å². The molecule has 0 spiro atoms. The largest absolute Gasteiger partial charge is 0.508 e. The zero-order chi connectivity index (χ0) is 83.9. The molecule has 0 radical (unpaired) electrons. The van der Waals surface area contributed by atoms with Crippen molar-refractivity contribution >= 4 is 175 Å². The number of benzene rings is 2. The summed E-state index contributed by atoms with van der Waals surface area (Å²) < 4.78 is 0. The number of Topliss-reactive ketones (excluding diaryl/α,β-unsaturated/α-hetero) is 8. The standard InChI is InChI=1S/C73H107N9O23S6/c1-6-37(2)65(63(95)25-48(31-106)72(103)81-55(36-111)62(94)24-47(29-85)71(102)80-54(35-110)61(93)23-46(28-84)69(100)76-50(30-86)57(89)16-38(3)73(104)105)82-68(99)43(18-41-12-14-49(87)15-13-41)20-59(91)51(32-107)77-66(97)42(17-40-10-8-7-9-11-40)19-58(90)52(33-108)78-67(98)44(26-64(74)96)21-60(92)53(34-109)79-70(101)45(27-83)22-56(88)39(4)75-5/h7-15,37-39,42-48,50-55,65,75,83-87,106-111H,6,16-36H2,1-5H3,(H2,74,96)(H,76,100)(H,77,97)(H,78,98)(H,79,101)(H,80,102)(H,81,103)(H,82,99)(H,104,105). The summed E-state index contributed by atoms with van der Waals surface area (Å²) in [6.45, 7) is 2.59. The minimum Gasteiger partial charge on any atom is -0.508 e. The molecule has 8 amide bonds. The van der Waals surface area contributed by atoms with Gasteiger partial charge in [-0.25, -0.2) is 0 Å². The lowest BCUT2D eigenvalue weighted by Crippen LogP contribution is -2.51. The maximum absolute atomic E-state index is 14.8. The number of nitrogens with one attached hydrogen (secondary N) is 8. The number of carboxylic acid groups (broad SMARTS) is 1. The lowest BCUT2D eigenvalue weighted by atomic mass is 9.87. The molecule has 38 heteroatoms. The van der Waals surface area contributed by atoms with E-state index in [0.717, 1.165) is 0 Å². The van der Waals surface area contributed by atoms with Crippen molar-refractivity contribution in [2.45, 2.75) is 153 Å². The number of aromatic hydroxyl groups is 1. The number of carboxylic acids is 1. The highest BCUT2D eigenvalue weighted by Crippen LogP contribution is 2.24. The van der Waals surface area contributed by atoms with E-state index in [1.54, 1.807) is 51.1 Å². The molecule has 0 aromatic heterocycles. The minimum absolute atomic E-state index is 0.100. The van der Waals surface area contributed by atoms with Gasteiger partial charge < -0.3 is 78.9 Å². The fraction of sp³-hybridized carbons (Fsp3) is 0.603. The number of aliphatic hydroxyl groups is 4. The summed E-state index contributed by atoms with van der Waals surface area (Å²) in [5.74, 6) is -28.2. The van der Waals surface area contributed by atoms with Crippen molar-refractivity contribution in [3.63, 3.8) is 0 Å². The Bertz CT molecular complexity index is 3510. The summed E-state index contributed by atoms with van der Waals surface area (Å²) in [5.41, 5.74) is 6.53. The van der Waals surface area contributed by atoms with Crippen molar-refractivity contribution in [3.05, 3.63) is 65.7 Å². The van der Waals surface area contributed by atoms with E-state index >= 15 is 0 Å². The first-order chi connectivity index (χ1) is 52.5. The fourth-order valence-electron chi connectivity index (χ4n) is 11.4. The van der Waals surface area contributed by atoms with E-state index in [1.807, 2.05) is 0 Å². The number of phenols is 1.